The number of methoxy groups -OCH3 is 1. The Balaban J connectivity index is 2.06. The predicted molar refractivity (Wildman–Crippen MR) is 73.5 cm³/mol. The fraction of sp³-hybridized carbons (Fsp3) is 0.214. The number of hydrogen-bond donors (Lipinski definition) is 1. The second kappa shape index (κ2) is 5.80. The number of rotatable bonds is 4. The average Bonchev–Trinajstić information content (AvgIpc) is 2.92. The Morgan fingerprint density at radius 1 is 1.28 bits per heavy atom. The minimum atomic E-state index is -0.595. The zero-order valence-corrected chi connectivity index (χ0v) is 10.9. The zero-order chi connectivity index (χ0) is 13.0. The van der Waals surface area contributed by atoms with E-state index in [0.717, 1.165) is 5.56 Å². The summed E-state index contributed by atoms with van der Waals surface area (Å²) in [5, 5.41) is 4.16. The summed E-state index contributed by atoms with van der Waals surface area (Å²) in [6.07, 6.45) is 0.497. The van der Waals surface area contributed by atoms with Crippen molar-refractivity contribution >= 4 is 17.3 Å². The van der Waals surface area contributed by atoms with Gasteiger partial charge in [-0.2, -0.15) is 11.3 Å². The summed E-state index contributed by atoms with van der Waals surface area (Å²) in [4.78, 5) is 11.2. The molecule has 0 unspecified atom stereocenters. The minimum Gasteiger partial charge on any atom is -0.468 e. The second-order valence-corrected chi connectivity index (χ2v) is 4.82. The number of carbonyl (C=O) groups is 1. The van der Waals surface area contributed by atoms with E-state index in [1.807, 2.05) is 24.3 Å². The maximum Gasteiger partial charge on any atom is 0.322 e. The molecular weight excluding hydrogens is 246 g/mol. The molecule has 0 saturated heterocycles. The fourth-order valence-electron chi connectivity index (χ4n) is 1.75. The third-order valence-electron chi connectivity index (χ3n) is 2.77. The van der Waals surface area contributed by atoms with E-state index >= 15 is 0 Å². The summed E-state index contributed by atoms with van der Waals surface area (Å²) in [5.74, 6) is -0.378. The van der Waals surface area contributed by atoms with Crippen LogP contribution in [0.4, 0.5) is 0 Å². The van der Waals surface area contributed by atoms with Crippen LogP contribution in [0.25, 0.3) is 11.1 Å². The van der Waals surface area contributed by atoms with E-state index in [0.29, 0.717) is 6.42 Å². The molecule has 1 atom stereocenters. The quantitative estimate of drug-likeness (QED) is 0.860. The van der Waals surface area contributed by atoms with Gasteiger partial charge >= 0.3 is 5.97 Å². The Morgan fingerprint density at radius 3 is 2.56 bits per heavy atom. The van der Waals surface area contributed by atoms with Crippen molar-refractivity contribution in [1.29, 1.82) is 0 Å². The molecule has 94 valence electrons. The molecule has 0 radical (unpaired) electrons. The largest absolute Gasteiger partial charge is 0.468 e. The van der Waals surface area contributed by atoms with E-state index in [-0.39, 0.29) is 5.97 Å². The first kappa shape index (κ1) is 12.8. The van der Waals surface area contributed by atoms with Crippen LogP contribution in [0.15, 0.2) is 41.1 Å². The van der Waals surface area contributed by atoms with Gasteiger partial charge in [0.2, 0.25) is 0 Å². The van der Waals surface area contributed by atoms with Gasteiger partial charge in [0.05, 0.1) is 7.11 Å². The molecule has 0 amide bonds. The number of benzene rings is 1. The van der Waals surface area contributed by atoms with Crippen molar-refractivity contribution in [2.24, 2.45) is 5.73 Å². The van der Waals surface area contributed by atoms with E-state index in [9.17, 15) is 4.79 Å². The number of carbonyl (C=O) groups excluding carboxylic acids is 1. The van der Waals surface area contributed by atoms with Gasteiger partial charge in [-0.15, -0.1) is 0 Å². The van der Waals surface area contributed by atoms with Gasteiger partial charge in [0.25, 0.3) is 0 Å². The van der Waals surface area contributed by atoms with Crippen LogP contribution in [0.5, 0.6) is 0 Å². The van der Waals surface area contributed by atoms with Crippen LogP contribution in [0, 0.1) is 0 Å². The molecule has 4 heteroatoms. The van der Waals surface area contributed by atoms with Crippen LogP contribution in [-0.4, -0.2) is 19.1 Å². The molecule has 2 aromatic rings. The lowest BCUT2D eigenvalue weighted by Gasteiger charge is -2.09. The average molecular weight is 261 g/mol. The highest BCUT2D eigenvalue weighted by Gasteiger charge is 2.13. The van der Waals surface area contributed by atoms with Crippen LogP contribution >= 0.6 is 11.3 Å². The number of nitrogens with two attached hydrogens (primary N) is 1. The fourth-order valence-corrected chi connectivity index (χ4v) is 2.42. The Labute approximate surface area is 110 Å². The van der Waals surface area contributed by atoms with Crippen molar-refractivity contribution in [3.8, 4) is 11.1 Å². The standard InChI is InChI=1S/C14H15NO2S/c1-17-14(16)13(15)8-10-2-4-11(5-3-10)12-6-7-18-9-12/h2-7,9,13H,8,15H2,1H3/t13-/m0/s1. The van der Waals surface area contributed by atoms with E-state index in [1.165, 1.54) is 18.2 Å². The number of ether oxygens (including phenoxy) is 1. The van der Waals surface area contributed by atoms with Crippen molar-refractivity contribution in [2.75, 3.05) is 7.11 Å². The molecule has 2 rings (SSSR count). The van der Waals surface area contributed by atoms with Gasteiger partial charge in [0, 0.05) is 0 Å². The third kappa shape index (κ3) is 2.97. The van der Waals surface area contributed by atoms with E-state index in [4.69, 9.17) is 5.73 Å². The molecule has 0 bridgehead atoms. The lowest BCUT2D eigenvalue weighted by atomic mass is 10.0. The highest BCUT2D eigenvalue weighted by atomic mass is 32.1. The van der Waals surface area contributed by atoms with E-state index in [1.54, 1.807) is 11.3 Å². The summed E-state index contributed by atoms with van der Waals surface area (Å²) in [6.45, 7) is 0. The number of thiophene rings is 1. The summed E-state index contributed by atoms with van der Waals surface area (Å²) >= 11 is 1.67. The molecular formula is C14H15NO2S. The van der Waals surface area contributed by atoms with Crippen LogP contribution < -0.4 is 5.73 Å². The molecule has 1 aromatic carbocycles. The third-order valence-corrected chi connectivity index (χ3v) is 3.45. The molecule has 0 saturated carbocycles. The predicted octanol–water partition coefficient (Wildman–Crippen LogP) is 2.46. The van der Waals surface area contributed by atoms with Gasteiger partial charge in [-0.1, -0.05) is 24.3 Å². The number of hydrogen-bond acceptors (Lipinski definition) is 4. The van der Waals surface area contributed by atoms with Crippen molar-refractivity contribution in [3.05, 3.63) is 46.7 Å². The van der Waals surface area contributed by atoms with Gasteiger partial charge in [-0.25, -0.2) is 0 Å². The molecule has 18 heavy (non-hydrogen) atoms. The molecule has 0 spiro atoms. The Morgan fingerprint density at radius 2 is 2.00 bits per heavy atom. The zero-order valence-electron chi connectivity index (χ0n) is 10.1. The highest BCUT2D eigenvalue weighted by molar-refractivity contribution is 7.08. The first-order chi connectivity index (χ1) is 8.70. The van der Waals surface area contributed by atoms with Gasteiger partial charge in [0.15, 0.2) is 0 Å². The molecule has 1 heterocycles. The first-order valence-corrected chi connectivity index (χ1v) is 6.60. The smallest absolute Gasteiger partial charge is 0.322 e. The molecule has 2 N–H and O–H groups in total. The van der Waals surface area contributed by atoms with Crippen LogP contribution in [0.3, 0.4) is 0 Å². The van der Waals surface area contributed by atoms with Crippen molar-refractivity contribution < 1.29 is 9.53 Å². The molecule has 3 nitrogen and oxygen atoms in total. The topological polar surface area (TPSA) is 52.3 Å². The van der Waals surface area contributed by atoms with Gasteiger partial charge in [-0.3, -0.25) is 4.79 Å². The van der Waals surface area contributed by atoms with Crippen molar-refractivity contribution in [2.45, 2.75) is 12.5 Å². The van der Waals surface area contributed by atoms with Crippen molar-refractivity contribution in [3.63, 3.8) is 0 Å². The van der Waals surface area contributed by atoms with E-state index < -0.39 is 6.04 Å². The summed E-state index contributed by atoms with van der Waals surface area (Å²) in [5.41, 5.74) is 9.14. The monoisotopic (exact) mass is 261 g/mol. The highest BCUT2D eigenvalue weighted by Crippen LogP contribution is 2.22. The summed E-state index contributed by atoms with van der Waals surface area (Å²) < 4.78 is 4.60. The second-order valence-electron chi connectivity index (χ2n) is 4.04. The van der Waals surface area contributed by atoms with Gasteiger partial charge in [0.1, 0.15) is 6.04 Å². The molecule has 0 fully saturated rings. The van der Waals surface area contributed by atoms with Crippen LogP contribution in [0.1, 0.15) is 5.56 Å². The summed E-state index contributed by atoms with van der Waals surface area (Å²) in [6, 6.07) is 9.57. The van der Waals surface area contributed by atoms with Crippen LogP contribution in [0.2, 0.25) is 0 Å². The Kier molecular flexibility index (Phi) is 4.12. The molecule has 0 aliphatic rings. The van der Waals surface area contributed by atoms with Crippen molar-refractivity contribution in [1.82, 2.24) is 0 Å². The SMILES string of the molecule is COC(=O)[C@@H](N)Cc1ccc(-c2ccsc2)cc1. The van der Waals surface area contributed by atoms with E-state index in [2.05, 4.69) is 21.6 Å². The number of esters is 1. The minimum absolute atomic E-state index is 0.378. The van der Waals surface area contributed by atoms with Gasteiger partial charge in [-0.05, 0) is 39.9 Å². The maximum atomic E-state index is 11.2. The first-order valence-electron chi connectivity index (χ1n) is 5.65. The Bertz CT molecular complexity index is 505. The lowest BCUT2D eigenvalue weighted by molar-refractivity contribution is -0.142. The molecule has 0 aliphatic carbocycles. The normalized spacial score (nSPS) is 12.1. The Hall–Kier alpha value is -1.65. The summed E-state index contributed by atoms with van der Waals surface area (Å²) in [7, 11) is 1.35. The lowest BCUT2D eigenvalue weighted by Crippen LogP contribution is -2.33. The maximum absolute atomic E-state index is 11.2. The molecule has 1 aromatic heterocycles. The van der Waals surface area contributed by atoms with Gasteiger partial charge < -0.3 is 10.5 Å². The molecule has 0 aliphatic heterocycles. The van der Waals surface area contributed by atoms with Crippen LogP contribution in [-0.2, 0) is 16.0 Å².